The van der Waals surface area contributed by atoms with Gasteiger partial charge in [0.1, 0.15) is 5.75 Å². The van der Waals surface area contributed by atoms with Crippen molar-refractivity contribution in [1.29, 1.82) is 0 Å². The van der Waals surface area contributed by atoms with Crippen LogP contribution in [0.2, 0.25) is 0 Å². The van der Waals surface area contributed by atoms with E-state index in [4.69, 9.17) is 4.74 Å². The number of nitrogens with one attached hydrogen (secondary N) is 1. The summed E-state index contributed by atoms with van der Waals surface area (Å²) in [5.74, 6) is 0.868. The number of fused-ring (bicyclic) bond motifs is 1. The SMILES string of the molecule is CCN(CC)CCCN(CCCNc1cc(OC)cc2cccnc12)CCCN(CC)CC. The summed E-state index contributed by atoms with van der Waals surface area (Å²) >= 11 is 0. The van der Waals surface area contributed by atoms with Gasteiger partial charge in [0.2, 0.25) is 0 Å². The van der Waals surface area contributed by atoms with E-state index >= 15 is 0 Å². The first kappa shape index (κ1) is 27.4. The van der Waals surface area contributed by atoms with E-state index in [1.54, 1.807) is 7.11 Å². The summed E-state index contributed by atoms with van der Waals surface area (Å²) in [4.78, 5) is 12.3. The minimum absolute atomic E-state index is 0.868. The highest BCUT2D eigenvalue weighted by atomic mass is 16.5. The molecule has 0 aliphatic carbocycles. The molecule has 0 fully saturated rings. The van der Waals surface area contributed by atoms with Gasteiger partial charge in [-0.05, 0) is 90.3 Å². The molecular weight excluding hydrogens is 410 g/mol. The van der Waals surface area contributed by atoms with Crippen molar-refractivity contribution in [2.75, 3.05) is 77.9 Å². The average Bonchev–Trinajstić information content (AvgIpc) is 2.86. The van der Waals surface area contributed by atoms with Gasteiger partial charge in [0, 0.05) is 24.2 Å². The molecule has 1 N–H and O–H groups in total. The molecule has 2 rings (SSSR count). The van der Waals surface area contributed by atoms with Gasteiger partial charge < -0.3 is 24.8 Å². The molecule has 186 valence electrons. The maximum absolute atomic E-state index is 5.49. The zero-order valence-electron chi connectivity index (χ0n) is 21.8. The molecule has 6 nitrogen and oxygen atoms in total. The van der Waals surface area contributed by atoms with Crippen molar-refractivity contribution in [2.45, 2.75) is 47.0 Å². The highest BCUT2D eigenvalue weighted by Crippen LogP contribution is 2.27. The van der Waals surface area contributed by atoms with Crippen LogP contribution in [0.25, 0.3) is 10.9 Å². The normalized spacial score (nSPS) is 11.8. The first-order chi connectivity index (χ1) is 16.1. The molecule has 0 aliphatic rings. The number of nitrogens with zero attached hydrogens (tertiary/aromatic N) is 4. The second-order valence-corrected chi connectivity index (χ2v) is 8.63. The molecule has 0 spiro atoms. The van der Waals surface area contributed by atoms with E-state index in [2.05, 4.69) is 64.8 Å². The smallest absolute Gasteiger partial charge is 0.121 e. The number of anilines is 1. The quantitative estimate of drug-likeness (QED) is 0.324. The number of methoxy groups -OCH3 is 1. The van der Waals surface area contributed by atoms with Crippen LogP contribution in [0.5, 0.6) is 5.75 Å². The molecular formula is C27H47N5O. The lowest BCUT2D eigenvalue weighted by atomic mass is 10.1. The topological polar surface area (TPSA) is 43.9 Å². The number of ether oxygens (including phenoxy) is 1. The third kappa shape index (κ3) is 9.48. The number of aromatic nitrogens is 1. The lowest BCUT2D eigenvalue weighted by Crippen LogP contribution is -2.34. The number of benzene rings is 1. The summed E-state index contributed by atoms with van der Waals surface area (Å²) in [6, 6.07) is 8.16. The van der Waals surface area contributed by atoms with E-state index in [1.165, 1.54) is 39.0 Å². The van der Waals surface area contributed by atoms with Crippen LogP contribution in [-0.4, -0.2) is 92.2 Å². The minimum atomic E-state index is 0.868. The Morgan fingerprint density at radius 2 is 1.36 bits per heavy atom. The molecule has 1 heterocycles. The molecule has 2 aromatic rings. The molecule has 1 aromatic heterocycles. The Bertz CT molecular complexity index is 758. The fourth-order valence-corrected chi connectivity index (χ4v) is 4.39. The first-order valence-corrected chi connectivity index (χ1v) is 13.0. The fourth-order valence-electron chi connectivity index (χ4n) is 4.39. The summed E-state index contributed by atoms with van der Waals surface area (Å²) in [5.41, 5.74) is 2.06. The number of rotatable bonds is 18. The van der Waals surface area contributed by atoms with Gasteiger partial charge in [-0.2, -0.15) is 0 Å². The monoisotopic (exact) mass is 457 g/mol. The highest BCUT2D eigenvalue weighted by molar-refractivity contribution is 5.91. The molecule has 1 aromatic carbocycles. The molecule has 0 radical (unpaired) electrons. The lowest BCUT2D eigenvalue weighted by Gasteiger charge is -2.26. The van der Waals surface area contributed by atoms with Gasteiger partial charge in [-0.25, -0.2) is 0 Å². The van der Waals surface area contributed by atoms with Crippen LogP contribution in [0.15, 0.2) is 30.5 Å². The standard InChI is InChI=1S/C27H47N5O/c1-6-30(7-2)18-12-20-32(21-13-19-31(8-3)9-4)17-11-16-28-26-23-25(33-5)22-24-14-10-15-29-27(24)26/h10,14-15,22-23,28H,6-9,11-13,16-21H2,1-5H3. The van der Waals surface area contributed by atoms with Crippen molar-refractivity contribution in [3.8, 4) is 5.75 Å². The molecule has 0 saturated heterocycles. The van der Waals surface area contributed by atoms with Crippen LogP contribution in [0, 0.1) is 0 Å². The summed E-state index contributed by atoms with van der Waals surface area (Å²) in [6.07, 6.45) is 5.45. The number of hydrogen-bond donors (Lipinski definition) is 1. The van der Waals surface area contributed by atoms with Crippen LogP contribution in [0.1, 0.15) is 47.0 Å². The van der Waals surface area contributed by atoms with Crippen LogP contribution in [-0.2, 0) is 0 Å². The molecule has 0 atom stereocenters. The van der Waals surface area contributed by atoms with E-state index in [0.717, 1.165) is 68.0 Å². The van der Waals surface area contributed by atoms with E-state index in [0.29, 0.717) is 0 Å². The molecule has 0 bridgehead atoms. The van der Waals surface area contributed by atoms with Crippen LogP contribution in [0.4, 0.5) is 5.69 Å². The zero-order valence-corrected chi connectivity index (χ0v) is 21.8. The second kappa shape index (κ2) is 15.9. The summed E-state index contributed by atoms with van der Waals surface area (Å²) in [5, 5.41) is 4.72. The van der Waals surface area contributed by atoms with E-state index in [1.807, 2.05) is 18.3 Å². The Morgan fingerprint density at radius 1 is 0.788 bits per heavy atom. The van der Waals surface area contributed by atoms with Crippen LogP contribution < -0.4 is 10.1 Å². The van der Waals surface area contributed by atoms with Gasteiger partial charge in [0.25, 0.3) is 0 Å². The van der Waals surface area contributed by atoms with Crippen molar-refractivity contribution in [3.63, 3.8) is 0 Å². The summed E-state index contributed by atoms with van der Waals surface area (Å²) < 4.78 is 5.49. The van der Waals surface area contributed by atoms with Gasteiger partial charge in [0.15, 0.2) is 0 Å². The maximum atomic E-state index is 5.49. The number of pyridine rings is 1. The van der Waals surface area contributed by atoms with Crippen molar-refractivity contribution in [1.82, 2.24) is 19.7 Å². The maximum Gasteiger partial charge on any atom is 0.121 e. The minimum Gasteiger partial charge on any atom is -0.497 e. The predicted octanol–water partition coefficient (Wildman–Crippen LogP) is 4.81. The Kier molecular flexibility index (Phi) is 13.1. The van der Waals surface area contributed by atoms with Gasteiger partial charge in [-0.1, -0.05) is 33.8 Å². The van der Waals surface area contributed by atoms with Crippen molar-refractivity contribution < 1.29 is 4.74 Å². The van der Waals surface area contributed by atoms with Crippen LogP contribution in [0.3, 0.4) is 0 Å². The Morgan fingerprint density at radius 3 is 1.94 bits per heavy atom. The van der Waals surface area contributed by atoms with E-state index in [9.17, 15) is 0 Å². The van der Waals surface area contributed by atoms with Gasteiger partial charge >= 0.3 is 0 Å². The van der Waals surface area contributed by atoms with Gasteiger partial charge in [-0.3, -0.25) is 4.98 Å². The number of hydrogen-bond acceptors (Lipinski definition) is 6. The molecule has 0 unspecified atom stereocenters. The lowest BCUT2D eigenvalue weighted by molar-refractivity contribution is 0.217. The zero-order chi connectivity index (χ0) is 23.9. The highest BCUT2D eigenvalue weighted by Gasteiger charge is 2.09. The average molecular weight is 458 g/mol. The van der Waals surface area contributed by atoms with Gasteiger partial charge in [-0.15, -0.1) is 0 Å². The Balaban J connectivity index is 1.88. The molecule has 0 amide bonds. The van der Waals surface area contributed by atoms with Gasteiger partial charge in [0.05, 0.1) is 18.3 Å². The van der Waals surface area contributed by atoms with E-state index < -0.39 is 0 Å². The van der Waals surface area contributed by atoms with Crippen molar-refractivity contribution >= 4 is 16.6 Å². The molecule has 6 heteroatoms. The predicted molar refractivity (Wildman–Crippen MR) is 143 cm³/mol. The molecule has 33 heavy (non-hydrogen) atoms. The van der Waals surface area contributed by atoms with Crippen LogP contribution >= 0.6 is 0 Å². The fraction of sp³-hybridized carbons (Fsp3) is 0.667. The summed E-state index contributed by atoms with van der Waals surface area (Å²) in [6.45, 7) is 20.4. The Hall–Kier alpha value is -1.89. The summed E-state index contributed by atoms with van der Waals surface area (Å²) in [7, 11) is 1.72. The third-order valence-electron chi connectivity index (χ3n) is 6.57. The van der Waals surface area contributed by atoms with E-state index in [-0.39, 0.29) is 0 Å². The second-order valence-electron chi connectivity index (χ2n) is 8.63. The third-order valence-corrected chi connectivity index (χ3v) is 6.57. The van der Waals surface area contributed by atoms with Crippen molar-refractivity contribution in [2.24, 2.45) is 0 Å². The van der Waals surface area contributed by atoms with Crippen molar-refractivity contribution in [3.05, 3.63) is 30.5 Å². The first-order valence-electron chi connectivity index (χ1n) is 13.0. The molecule has 0 saturated carbocycles. The molecule has 0 aliphatic heterocycles. The largest absolute Gasteiger partial charge is 0.497 e. The Labute approximate surface area is 202 Å².